The summed E-state index contributed by atoms with van der Waals surface area (Å²) in [4.78, 5) is 14.1. The number of rotatable bonds is 4. The average Bonchev–Trinajstić information content (AvgIpc) is 3.01. The van der Waals surface area contributed by atoms with E-state index >= 15 is 0 Å². The van der Waals surface area contributed by atoms with Gasteiger partial charge in [-0.1, -0.05) is 23.7 Å². The smallest absolute Gasteiger partial charge is 0.317 e. The van der Waals surface area contributed by atoms with E-state index in [2.05, 4.69) is 5.32 Å². The minimum Gasteiger partial charge on any atom is -0.394 e. The molecular formula is C18H25ClN2O4. The molecule has 0 spiro atoms. The fraction of sp³-hybridized carbons (Fsp3) is 0.611. The van der Waals surface area contributed by atoms with E-state index in [-0.39, 0.29) is 30.6 Å². The fourth-order valence-corrected chi connectivity index (χ4v) is 4.00. The number of hydrogen-bond donors (Lipinski definition) is 3. The first kappa shape index (κ1) is 18.5. The van der Waals surface area contributed by atoms with Crippen molar-refractivity contribution in [2.75, 3.05) is 32.9 Å². The predicted octanol–water partition coefficient (Wildman–Crippen LogP) is 1.53. The Kier molecular flexibility index (Phi) is 5.84. The summed E-state index contributed by atoms with van der Waals surface area (Å²) in [5.41, 5.74) is 0.884. The van der Waals surface area contributed by atoms with Crippen LogP contribution in [0.25, 0.3) is 0 Å². The largest absolute Gasteiger partial charge is 0.394 e. The molecule has 0 unspecified atom stereocenters. The zero-order valence-electron chi connectivity index (χ0n) is 14.2. The number of hydrogen-bond acceptors (Lipinski definition) is 4. The number of likely N-dealkylation sites (tertiary alicyclic amines) is 1. The van der Waals surface area contributed by atoms with E-state index < -0.39 is 6.10 Å². The van der Waals surface area contributed by atoms with Gasteiger partial charge in [-0.25, -0.2) is 4.79 Å². The van der Waals surface area contributed by atoms with E-state index in [0.29, 0.717) is 31.2 Å². The Balaban J connectivity index is 1.72. The van der Waals surface area contributed by atoms with Crippen molar-refractivity contribution in [2.45, 2.75) is 36.8 Å². The standard InChI is InChI=1S/C18H25ClN2O4/c19-14-3-1-2-13(8-14)18(4-6-25-7-5-18)12-20-17(24)21-10-16(23)9-15(21)11-22/h1-3,8,15-16,22-23H,4-7,9-12H2,(H,20,24)/t15-,16+/m0/s1. The molecule has 2 aliphatic rings. The molecule has 0 aliphatic carbocycles. The van der Waals surface area contributed by atoms with E-state index in [4.69, 9.17) is 16.3 Å². The molecule has 2 amide bonds. The van der Waals surface area contributed by atoms with Crippen molar-refractivity contribution >= 4 is 17.6 Å². The first-order chi connectivity index (χ1) is 12.0. The van der Waals surface area contributed by atoms with E-state index in [1.807, 2.05) is 24.3 Å². The number of aliphatic hydroxyl groups excluding tert-OH is 2. The zero-order chi connectivity index (χ0) is 17.9. The highest BCUT2D eigenvalue weighted by atomic mass is 35.5. The molecule has 7 heteroatoms. The third kappa shape index (κ3) is 4.08. The predicted molar refractivity (Wildman–Crippen MR) is 94.8 cm³/mol. The summed E-state index contributed by atoms with van der Waals surface area (Å²) in [6, 6.07) is 7.19. The van der Waals surface area contributed by atoms with Gasteiger partial charge in [-0.2, -0.15) is 0 Å². The van der Waals surface area contributed by atoms with Crippen molar-refractivity contribution in [1.82, 2.24) is 10.2 Å². The van der Waals surface area contributed by atoms with Crippen LogP contribution in [-0.2, 0) is 10.2 Å². The van der Waals surface area contributed by atoms with Gasteiger partial charge in [0.2, 0.25) is 0 Å². The number of carbonyl (C=O) groups is 1. The van der Waals surface area contributed by atoms with Gasteiger partial charge >= 0.3 is 6.03 Å². The molecule has 138 valence electrons. The van der Waals surface area contributed by atoms with E-state index in [1.54, 1.807) is 0 Å². The summed E-state index contributed by atoms with van der Waals surface area (Å²) in [5.74, 6) is 0. The van der Waals surface area contributed by atoms with Crippen LogP contribution in [0, 0.1) is 0 Å². The van der Waals surface area contributed by atoms with Crippen molar-refractivity contribution in [1.29, 1.82) is 0 Å². The molecule has 6 nitrogen and oxygen atoms in total. The molecule has 1 aromatic rings. The molecule has 2 saturated heterocycles. The zero-order valence-corrected chi connectivity index (χ0v) is 14.9. The Bertz CT molecular complexity index is 606. The second-order valence-corrected chi connectivity index (χ2v) is 7.38. The third-order valence-electron chi connectivity index (χ3n) is 5.33. The number of halogens is 1. The number of nitrogens with one attached hydrogen (secondary N) is 1. The molecule has 2 aliphatic heterocycles. The summed E-state index contributed by atoms with van der Waals surface area (Å²) in [7, 11) is 0. The number of urea groups is 1. The Labute approximate surface area is 152 Å². The second kappa shape index (κ2) is 7.91. The molecule has 3 N–H and O–H groups in total. The minimum atomic E-state index is -0.576. The van der Waals surface area contributed by atoms with Crippen molar-refractivity contribution in [3.05, 3.63) is 34.9 Å². The number of ether oxygens (including phenoxy) is 1. The van der Waals surface area contributed by atoms with Crippen molar-refractivity contribution in [2.24, 2.45) is 0 Å². The highest BCUT2D eigenvalue weighted by Gasteiger charge is 2.38. The van der Waals surface area contributed by atoms with Gasteiger partial charge in [-0.05, 0) is 37.0 Å². The van der Waals surface area contributed by atoms with Crippen LogP contribution < -0.4 is 5.32 Å². The maximum absolute atomic E-state index is 12.6. The van der Waals surface area contributed by atoms with Crippen LogP contribution >= 0.6 is 11.6 Å². The molecule has 25 heavy (non-hydrogen) atoms. The van der Waals surface area contributed by atoms with Gasteiger partial charge in [0.05, 0.1) is 18.8 Å². The van der Waals surface area contributed by atoms with Crippen LogP contribution in [0.5, 0.6) is 0 Å². The van der Waals surface area contributed by atoms with Crippen molar-refractivity contribution < 1.29 is 19.7 Å². The number of carbonyl (C=O) groups excluding carboxylic acids is 1. The van der Waals surface area contributed by atoms with Crippen LogP contribution in [0.15, 0.2) is 24.3 Å². The molecule has 1 aromatic carbocycles. The van der Waals surface area contributed by atoms with E-state index in [1.165, 1.54) is 4.90 Å². The van der Waals surface area contributed by atoms with Crippen molar-refractivity contribution in [3.8, 4) is 0 Å². The number of aliphatic hydroxyl groups is 2. The Morgan fingerprint density at radius 2 is 2.16 bits per heavy atom. The average molecular weight is 369 g/mol. The SMILES string of the molecule is O=C(NCC1(c2cccc(Cl)c2)CCOCC1)N1C[C@H](O)C[C@H]1CO. The highest BCUT2D eigenvalue weighted by Crippen LogP contribution is 2.35. The van der Waals surface area contributed by atoms with Gasteiger partial charge in [-0.3, -0.25) is 0 Å². The van der Waals surface area contributed by atoms with Crippen LogP contribution in [-0.4, -0.2) is 66.2 Å². The van der Waals surface area contributed by atoms with Gasteiger partial charge in [0, 0.05) is 36.7 Å². The van der Waals surface area contributed by atoms with Gasteiger partial charge < -0.3 is 25.2 Å². The molecule has 2 heterocycles. The van der Waals surface area contributed by atoms with E-state index in [0.717, 1.165) is 18.4 Å². The topological polar surface area (TPSA) is 82.0 Å². The molecule has 0 saturated carbocycles. The Hall–Kier alpha value is -1.34. The molecule has 2 atom stereocenters. The molecule has 0 aromatic heterocycles. The van der Waals surface area contributed by atoms with E-state index in [9.17, 15) is 15.0 Å². The number of β-amino-alcohol motifs (C(OH)–C–C–N with tert-alkyl or cyclic N) is 1. The van der Waals surface area contributed by atoms with Gasteiger partial charge in [0.15, 0.2) is 0 Å². The summed E-state index contributed by atoms with van der Waals surface area (Å²) < 4.78 is 5.51. The van der Waals surface area contributed by atoms with Crippen molar-refractivity contribution in [3.63, 3.8) is 0 Å². The van der Waals surface area contributed by atoms with Crippen LogP contribution in [0.4, 0.5) is 4.79 Å². The lowest BCUT2D eigenvalue weighted by Gasteiger charge is -2.38. The van der Waals surface area contributed by atoms with Gasteiger partial charge in [-0.15, -0.1) is 0 Å². The van der Waals surface area contributed by atoms with Crippen LogP contribution in [0.1, 0.15) is 24.8 Å². The Morgan fingerprint density at radius 1 is 1.40 bits per heavy atom. The van der Waals surface area contributed by atoms with Crippen LogP contribution in [0.3, 0.4) is 0 Å². The summed E-state index contributed by atoms with van der Waals surface area (Å²) in [6.45, 7) is 1.87. The lowest BCUT2D eigenvalue weighted by molar-refractivity contribution is 0.0498. The molecule has 3 rings (SSSR count). The second-order valence-electron chi connectivity index (χ2n) is 6.94. The van der Waals surface area contributed by atoms with Gasteiger partial charge in [0.1, 0.15) is 0 Å². The van der Waals surface area contributed by atoms with Crippen LogP contribution in [0.2, 0.25) is 5.02 Å². The minimum absolute atomic E-state index is 0.141. The first-order valence-corrected chi connectivity index (χ1v) is 9.09. The summed E-state index contributed by atoms with van der Waals surface area (Å²) >= 11 is 6.16. The molecule has 2 fully saturated rings. The number of amides is 2. The summed E-state index contributed by atoms with van der Waals surface area (Å²) in [6.07, 6.45) is 1.45. The maximum Gasteiger partial charge on any atom is 0.317 e. The quantitative estimate of drug-likeness (QED) is 0.752. The summed E-state index contributed by atoms with van der Waals surface area (Å²) in [5, 5.41) is 22.9. The lowest BCUT2D eigenvalue weighted by atomic mass is 9.74. The lowest BCUT2D eigenvalue weighted by Crippen LogP contribution is -2.50. The van der Waals surface area contributed by atoms with Gasteiger partial charge in [0.25, 0.3) is 0 Å². The fourth-order valence-electron chi connectivity index (χ4n) is 3.81. The number of nitrogens with zero attached hydrogens (tertiary/aromatic N) is 1. The Morgan fingerprint density at radius 3 is 2.84 bits per heavy atom. The highest BCUT2D eigenvalue weighted by molar-refractivity contribution is 6.30. The maximum atomic E-state index is 12.6. The number of benzene rings is 1. The third-order valence-corrected chi connectivity index (χ3v) is 5.56. The first-order valence-electron chi connectivity index (χ1n) is 8.71. The molecule has 0 bridgehead atoms. The molecule has 0 radical (unpaired) electrons. The monoisotopic (exact) mass is 368 g/mol. The molecular weight excluding hydrogens is 344 g/mol. The normalized spacial score (nSPS) is 25.8.